The predicted molar refractivity (Wildman–Crippen MR) is 117 cm³/mol. The number of hydrogen-bond donors (Lipinski definition) is 0. The maximum absolute atomic E-state index is 11.5. The van der Waals surface area contributed by atoms with Crippen molar-refractivity contribution in [1.29, 1.82) is 0 Å². The van der Waals surface area contributed by atoms with E-state index in [2.05, 4.69) is 25.6 Å². The van der Waals surface area contributed by atoms with Crippen molar-refractivity contribution in [3.05, 3.63) is 48.0 Å². The summed E-state index contributed by atoms with van der Waals surface area (Å²) in [5.41, 5.74) is 2.13. The number of aliphatic carboxylic acids is 1. The summed E-state index contributed by atoms with van der Waals surface area (Å²) in [4.78, 5) is 11.5. The molecule has 0 bridgehead atoms. The molecule has 0 aliphatic heterocycles. The Balaban J connectivity index is 2.55. The smallest absolute Gasteiger partial charge is 0.136 e. The molecule has 0 N–H and O–H groups in total. The second-order valence-corrected chi connectivity index (χ2v) is 8.57. The zero-order valence-electron chi connectivity index (χ0n) is 18.4. The molecule has 0 saturated carbocycles. The van der Waals surface area contributed by atoms with E-state index >= 15 is 0 Å². The Hall–Kier alpha value is -1.61. The summed E-state index contributed by atoms with van der Waals surface area (Å²) in [6.07, 6.45) is 12.8. The minimum atomic E-state index is -0.989. The van der Waals surface area contributed by atoms with Gasteiger partial charge in [-0.25, -0.2) is 0 Å². The fourth-order valence-electron chi connectivity index (χ4n) is 4.37. The van der Waals surface area contributed by atoms with Gasteiger partial charge in [0.1, 0.15) is 12.6 Å². The lowest BCUT2D eigenvalue weighted by molar-refractivity contribution is -0.929. The number of quaternary nitrogens is 1. The van der Waals surface area contributed by atoms with E-state index in [1.54, 1.807) is 0 Å². The first-order valence-electron chi connectivity index (χ1n) is 11.1. The van der Waals surface area contributed by atoms with Gasteiger partial charge in [0.05, 0.1) is 19.6 Å². The van der Waals surface area contributed by atoms with E-state index in [0.717, 1.165) is 30.5 Å². The Morgan fingerprint density at radius 3 is 1.93 bits per heavy atom. The van der Waals surface area contributed by atoms with Gasteiger partial charge >= 0.3 is 0 Å². The molecule has 0 amide bonds. The van der Waals surface area contributed by atoms with E-state index in [0.29, 0.717) is 4.48 Å². The quantitative estimate of drug-likeness (QED) is 0.216. The molecule has 3 heteroatoms. The summed E-state index contributed by atoms with van der Waals surface area (Å²) >= 11 is 0. The molecule has 2 atom stereocenters. The van der Waals surface area contributed by atoms with E-state index < -0.39 is 5.97 Å². The molecule has 0 fully saturated rings. The number of carboxylic acid groups (broad SMARTS) is 1. The van der Waals surface area contributed by atoms with Crippen LogP contribution in [-0.4, -0.2) is 30.6 Å². The van der Waals surface area contributed by atoms with E-state index in [-0.39, 0.29) is 12.6 Å². The molecular weight excluding hydrogens is 346 g/mol. The van der Waals surface area contributed by atoms with Crippen molar-refractivity contribution in [3.63, 3.8) is 0 Å². The number of likely N-dealkylation sites (N-methyl/N-ethyl adjacent to an activating group) is 1. The molecule has 0 aromatic heterocycles. The highest BCUT2D eigenvalue weighted by molar-refractivity contribution is 5.65. The number of carbonyl (C=O) groups is 1. The highest BCUT2D eigenvalue weighted by atomic mass is 16.4. The lowest BCUT2D eigenvalue weighted by atomic mass is 9.96. The number of carbonyl (C=O) groups excluding carboxylic acids is 1. The van der Waals surface area contributed by atoms with Gasteiger partial charge in [-0.3, -0.25) is 0 Å². The number of carboxylic acids is 1. The zero-order chi connectivity index (χ0) is 20.8. The third-order valence-electron chi connectivity index (χ3n) is 5.72. The Bertz CT molecular complexity index is 569. The lowest BCUT2D eigenvalue weighted by Crippen LogP contribution is -2.54. The van der Waals surface area contributed by atoms with Crippen molar-refractivity contribution < 1.29 is 14.4 Å². The minimum Gasteiger partial charge on any atom is -0.544 e. The third-order valence-corrected chi connectivity index (χ3v) is 5.72. The Morgan fingerprint density at radius 1 is 0.964 bits per heavy atom. The summed E-state index contributed by atoms with van der Waals surface area (Å²) < 4.78 is 0.429. The van der Waals surface area contributed by atoms with E-state index in [4.69, 9.17) is 0 Å². The summed E-state index contributed by atoms with van der Waals surface area (Å²) in [5, 5.41) is 11.5. The first-order valence-corrected chi connectivity index (χ1v) is 11.1. The molecule has 158 valence electrons. The van der Waals surface area contributed by atoms with Crippen molar-refractivity contribution in [2.24, 2.45) is 0 Å². The maximum atomic E-state index is 11.5. The van der Waals surface area contributed by atoms with Crippen LogP contribution in [0.2, 0.25) is 0 Å². The monoisotopic (exact) mass is 387 g/mol. The normalized spacial score (nSPS) is 14.4. The lowest BCUT2D eigenvalue weighted by Gasteiger charge is -2.42. The van der Waals surface area contributed by atoms with Gasteiger partial charge in [0.25, 0.3) is 0 Å². The fraction of sp³-hybridized carbons (Fsp3) is 0.640. The van der Waals surface area contributed by atoms with Gasteiger partial charge in [-0.05, 0) is 25.3 Å². The molecule has 28 heavy (non-hydrogen) atoms. The largest absolute Gasteiger partial charge is 0.544 e. The number of hydrogen-bond acceptors (Lipinski definition) is 2. The van der Waals surface area contributed by atoms with Crippen LogP contribution in [0.25, 0.3) is 0 Å². The Kier molecular flexibility index (Phi) is 11.8. The molecule has 0 aliphatic carbocycles. The molecule has 3 nitrogen and oxygen atoms in total. The second-order valence-electron chi connectivity index (χ2n) is 8.57. The summed E-state index contributed by atoms with van der Waals surface area (Å²) in [7, 11) is 2.04. The first-order chi connectivity index (χ1) is 13.4. The molecule has 0 saturated heterocycles. The standard InChI is InChI=1S/C25H41NO2/c1-5-6-7-8-9-10-11-12-13-17-20-26(4,21-24(27)28)25(22(2)3)23-18-15-14-16-19-23/h14-16,18-19,25H,2,5-13,17,20-21H2,1,3-4H3. The number of nitrogens with zero attached hydrogens (tertiary/aromatic N) is 1. The molecule has 0 heterocycles. The topological polar surface area (TPSA) is 40.1 Å². The predicted octanol–water partition coefficient (Wildman–Crippen LogP) is 5.42. The minimum absolute atomic E-state index is 0.0161. The van der Waals surface area contributed by atoms with Gasteiger partial charge in [0.2, 0.25) is 0 Å². The van der Waals surface area contributed by atoms with Crippen molar-refractivity contribution in [1.82, 2.24) is 0 Å². The van der Waals surface area contributed by atoms with E-state index in [1.165, 1.54) is 51.4 Å². The van der Waals surface area contributed by atoms with Gasteiger partial charge in [-0.1, -0.05) is 95.2 Å². The zero-order valence-corrected chi connectivity index (χ0v) is 18.4. The second kappa shape index (κ2) is 13.5. The summed E-state index contributed by atoms with van der Waals surface area (Å²) in [5.74, 6) is -0.989. The van der Waals surface area contributed by atoms with Crippen LogP contribution in [0, 0.1) is 0 Å². The first kappa shape index (κ1) is 24.4. The molecular formula is C25H41NO2. The maximum Gasteiger partial charge on any atom is 0.136 e. The molecule has 1 rings (SSSR count). The third kappa shape index (κ3) is 9.05. The number of unbranched alkanes of at least 4 members (excludes halogenated alkanes) is 9. The molecule has 1 aromatic rings. The highest BCUT2D eigenvalue weighted by Crippen LogP contribution is 2.33. The van der Waals surface area contributed by atoms with Gasteiger partial charge < -0.3 is 14.4 Å². The summed E-state index contributed by atoms with van der Waals surface area (Å²) in [6, 6.07) is 10.1. The van der Waals surface area contributed by atoms with Gasteiger partial charge in [-0.2, -0.15) is 0 Å². The van der Waals surface area contributed by atoms with Crippen LogP contribution < -0.4 is 5.11 Å². The number of rotatable bonds is 16. The van der Waals surface area contributed by atoms with Crippen molar-refractivity contribution in [3.8, 4) is 0 Å². The van der Waals surface area contributed by atoms with Crippen LogP contribution >= 0.6 is 0 Å². The van der Waals surface area contributed by atoms with E-state index in [1.807, 2.05) is 32.2 Å². The van der Waals surface area contributed by atoms with Crippen LogP contribution in [0.4, 0.5) is 0 Å². The average Bonchev–Trinajstić information content (AvgIpc) is 2.63. The molecule has 0 aliphatic rings. The highest BCUT2D eigenvalue weighted by Gasteiger charge is 2.34. The SMILES string of the molecule is C=C(C)C(c1ccccc1)[N+](C)(CCCCCCCCCCCC)CC(=O)[O-]. The Morgan fingerprint density at radius 2 is 1.46 bits per heavy atom. The van der Waals surface area contributed by atoms with Crippen LogP contribution in [0.15, 0.2) is 42.5 Å². The average molecular weight is 388 g/mol. The Labute approximate surface area is 173 Å². The van der Waals surface area contributed by atoms with Crippen LogP contribution in [0.5, 0.6) is 0 Å². The van der Waals surface area contributed by atoms with Gasteiger partial charge in [0.15, 0.2) is 0 Å². The van der Waals surface area contributed by atoms with Crippen molar-refractivity contribution in [2.75, 3.05) is 20.1 Å². The van der Waals surface area contributed by atoms with Gasteiger partial charge in [0, 0.05) is 5.56 Å². The van der Waals surface area contributed by atoms with Crippen LogP contribution in [0.3, 0.4) is 0 Å². The van der Waals surface area contributed by atoms with Crippen molar-refractivity contribution >= 4 is 5.97 Å². The van der Waals surface area contributed by atoms with Crippen LogP contribution in [-0.2, 0) is 4.79 Å². The number of benzene rings is 1. The van der Waals surface area contributed by atoms with Crippen molar-refractivity contribution in [2.45, 2.75) is 84.1 Å². The van der Waals surface area contributed by atoms with Gasteiger partial charge in [-0.15, -0.1) is 0 Å². The molecule has 0 spiro atoms. The van der Waals surface area contributed by atoms with Crippen LogP contribution in [0.1, 0.15) is 89.7 Å². The molecule has 0 radical (unpaired) electrons. The van der Waals surface area contributed by atoms with E-state index in [9.17, 15) is 9.90 Å². The fourth-order valence-corrected chi connectivity index (χ4v) is 4.37. The molecule has 2 unspecified atom stereocenters. The summed E-state index contributed by atoms with van der Waals surface area (Å²) in [6.45, 7) is 9.28. The molecule has 1 aromatic carbocycles.